The van der Waals surface area contributed by atoms with Gasteiger partial charge < -0.3 is 4.90 Å². The second-order valence-corrected chi connectivity index (χ2v) is 6.84. The number of likely N-dealkylation sites (tertiary alicyclic amines) is 1. The molecular formula is C18H16FN3OS. The number of benzene rings is 1. The zero-order valence-electron chi connectivity index (χ0n) is 12.9. The fourth-order valence-corrected chi connectivity index (χ4v) is 3.97. The standard InChI is InChI=1S/C18H16FN3OS/c19-15-5-2-1-4-13(15)12-7-8-22(11-12)18(23)14-10-20-21-17(14)16-6-3-9-24-16/h1-6,9-10,12H,7-8,11H2,(H,20,21)/t12-/m1/s1. The third-order valence-electron chi connectivity index (χ3n) is 4.46. The van der Waals surface area contributed by atoms with Crippen LogP contribution in [-0.4, -0.2) is 34.1 Å². The molecule has 4 nitrogen and oxygen atoms in total. The average molecular weight is 341 g/mol. The number of carbonyl (C=O) groups excluding carboxylic acids is 1. The molecule has 1 aromatic carbocycles. The zero-order valence-corrected chi connectivity index (χ0v) is 13.7. The summed E-state index contributed by atoms with van der Waals surface area (Å²) in [7, 11) is 0. The number of thiophene rings is 1. The van der Waals surface area contributed by atoms with Gasteiger partial charge in [0, 0.05) is 19.0 Å². The molecule has 0 saturated carbocycles. The van der Waals surface area contributed by atoms with Crippen molar-refractivity contribution in [2.45, 2.75) is 12.3 Å². The molecular weight excluding hydrogens is 325 g/mol. The van der Waals surface area contributed by atoms with Crippen molar-refractivity contribution in [1.82, 2.24) is 15.1 Å². The highest BCUT2D eigenvalue weighted by Crippen LogP contribution is 2.32. The van der Waals surface area contributed by atoms with Gasteiger partial charge in [-0.25, -0.2) is 4.39 Å². The maximum Gasteiger partial charge on any atom is 0.257 e. The van der Waals surface area contributed by atoms with Gasteiger partial charge in [0.05, 0.1) is 22.3 Å². The summed E-state index contributed by atoms with van der Waals surface area (Å²) in [6.45, 7) is 1.17. The summed E-state index contributed by atoms with van der Waals surface area (Å²) in [4.78, 5) is 15.6. The number of halogens is 1. The third-order valence-corrected chi connectivity index (χ3v) is 5.35. The highest BCUT2D eigenvalue weighted by molar-refractivity contribution is 7.13. The molecule has 1 saturated heterocycles. The molecule has 3 heterocycles. The van der Waals surface area contributed by atoms with Gasteiger partial charge in [-0.05, 0) is 29.5 Å². The van der Waals surface area contributed by atoms with Crippen molar-refractivity contribution in [2.24, 2.45) is 0 Å². The summed E-state index contributed by atoms with van der Waals surface area (Å²) in [6, 6.07) is 10.7. The lowest BCUT2D eigenvalue weighted by Crippen LogP contribution is -2.28. The third kappa shape index (κ3) is 2.63. The monoisotopic (exact) mass is 341 g/mol. The number of aromatic nitrogens is 2. The molecule has 1 fully saturated rings. The number of hydrogen-bond donors (Lipinski definition) is 1. The van der Waals surface area contributed by atoms with Crippen molar-refractivity contribution in [1.29, 1.82) is 0 Å². The van der Waals surface area contributed by atoms with E-state index in [0.717, 1.165) is 17.0 Å². The van der Waals surface area contributed by atoms with Gasteiger partial charge in [-0.3, -0.25) is 9.89 Å². The van der Waals surface area contributed by atoms with E-state index in [1.165, 1.54) is 6.07 Å². The van der Waals surface area contributed by atoms with Crippen LogP contribution in [0.4, 0.5) is 4.39 Å². The lowest BCUT2D eigenvalue weighted by molar-refractivity contribution is 0.0791. The molecule has 24 heavy (non-hydrogen) atoms. The van der Waals surface area contributed by atoms with Crippen LogP contribution in [0.15, 0.2) is 48.0 Å². The molecule has 1 amide bonds. The molecule has 122 valence electrons. The maximum absolute atomic E-state index is 14.0. The summed E-state index contributed by atoms with van der Waals surface area (Å²) in [5.41, 5.74) is 2.02. The Labute approximate surface area is 142 Å². The first-order chi connectivity index (χ1) is 11.7. The molecule has 0 bridgehead atoms. The molecule has 0 radical (unpaired) electrons. The van der Waals surface area contributed by atoms with Crippen LogP contribution in [0.5, 0.6) is 0 Å². The van der Waals surface area contributed by atoms with E-state index in [4.69, 9.17) is 0 Å². The lowest BCUT2D eigenvalue weighted by atomic mass is 9.98. The Bertz CT molecular complexity index is 859. The van der Waals surface area contributed by atoms with Gasteiger partial charge in [-0.2, -0.15) is 5.10 Å². The number of carbonyl (C=O) groups is 1. The van der Waals surface area contributed by atoms with Crippen molar-refractivity contribution in [2.75, 3.05) is 13.1 Å². The first kappa shape index (κ1) is 15.1. The Balaban J connectivity index is 1.55. The van der Waals surface area contributed by atoms with Crippen molar-refractivity contribution in [3.63, 3.8) is 0 Å². The molecule has 0 unspecified atom stereocenters. The fourth-order valence-electron chi connectivity index (χ4n) is 3.23. The minimum absolute atomic E-state index is 0.0484. The van der Waals surface area contributed by atoms with E-state index in [2.05, 4.69) is 10.2 Å². The van der Waals surface area contributed by atoms with E-state index in [1.807, 2.05) is 29.6 Å². The first-order valence-electron chi connectivity index (χ1n) is 7.85. The summed E-state index contributed by atoms with van der Waals surface area (Å²) in [6.07, 6.45) is 2.35. The molecule has 3 aromatic rings. The molecule has 0 aliphatic carbocycles. The van der Waals surface area contributed by atoms with E-state index in [1.54, 1.807) is 28.5 Å². The quantitative estimate of drug-likeness (QED) is 0.785. The molecule has 0 spiro atoms. The van der Waals surface area contributed by atoms with Crippen LogP contribution in [-0.2, 0) is 0 Å². The maximum atomic E-state index is 14.0. The Morgan fingerprint density at radius 2 is 2.17 bits per heavy atom. The van der Waals surface area contributed by atoms with Crippen molar-refractivity contribution in [3.05, 3.63) is 64.9 Å². The molecule has 1 aliphatic rings. The predicted octanol–water partition coefficient (Wildman–Crippen LogP) is 3.91. The number of H-pyrrole nitrogens is 1. The molecule has 2 aromatic heterocycles. The van der Waals surface area contributed by atoms with Crippen molar-refractivity contribution in [3.8, 4) is 10.6 Å². The fraction of sp³-hybridized carbons (Fsp3) is 0.222. The zero-order chi connectivity index (χ0) is 16.5. The highest BCUT2D eigenvalue weighted by Gasteiger charge is 2.31. The van der Waals surface area contributed by atoms with Gasteiger partial charge in [0.1, 0.15) is 5.82 Å². The predicted molar refractivity (Wildman–Crippen MR) is 91.6 cm³/mol. The van der Waals surface area contributed by atoms with E-state index >= 15 is 0 Å². The molecule has 4 rings (SSSR count). The van der Waals surface area contributed by atoms with E-state index in [0.29, 0.717) is 24.2 Å². The summed E-state index contributed by atoms with van der Waals surface area (Å²) in [5.74, 6) is -0.197. The topological polar surface area (TPSA) is 49.0 Å². The van der Waals surface area contributed by atoms with Crippen molar-refractivity contribution >= 4 is 17.2 Å². The van der Waals surface area contributed by atoms with E-state index < -0.39 is 0 Å². The number of hydrogen-bond acceptors (Lipinski definition) is 3. The van der Waals surface area contributed by atoms with Gasteiger partial charge in [-0.15, -0.1) is 11.3 Å². The number of amides is 1. The average Bonchev–Trinajstić information content (AvgIpc) is 3.34. The van der Waals surface area contributed by atoms with Gasteiger partial charge in [0.15, 0.2) is 0 Å². The second kappa shape index (κ2) is 6.20. The van der Waals surface area contributed by atoms with Crippen LogP contribution in [0.25, 0.3) is 10.6 Å². The summed E-state index contributed by atoms with van der Waals surface area (Å²) >= 11 is 1.56. The van der Waals surface area contributed by atoms with Gasteiger partial charge in [0.2, 0.25) is 0 Å². The smallest absolute Gasteiger partial charge is 0.257 e. The Hall–Kier alpha value is -2.47. The molecule has 1 atom stereocenters. The highest BCUT2D eigenvalue weighted by atomic mass is 32.1. The lowest BCUT2D eigenvalue weighted by Gasteiger charge is -2.17. The van der Waals surface area contributed by atoms with Crippen LogP contribution in [0.2, 0.25) is 0 Å². The largest absolute Gasteiger partial charge is 0.338 e. The number of nitrogens with zero attached hydrogens (tertiary/aromatic N) is 2. The summed E-state index contributed by atoms with van der Waals surface area (Å²) < 4.78 is 14.0. The van der Waals surface area contributed by atoms with Gasteiger partial charge >= 0.3 is 0 Å². The number of rotatable bonds is 3. The van der Waals surface area contributed by atoms with Crippen LogP contribution >= 0.6 is 11.3 Å². The first-order valence-corrected chi connectivity index (χ1v) is 8.73. The SMILES string of the molecule is O=C(c1cn[nH]c1-c1cccs1)N1CC[C@@H](c2ccccc2F)C1. The summed E-state index contributed by atoms with van der Waals surface area (Å²) in [5, 5.41) is 8.92. The van der Waals surface area contributed by atoms with E-state index in [9.17, 15) is 9.18 Å². The molecule has 1 N–H and O–H groups in total. The van der Waals surface area contributed by atoms with Crippen LogP contribution in [0, 0.1) is 5.82 Å². The minimum Gasteiger partial charge on any atom is -0.338 e. The normalized spacial score (nSPS) is 17.4. The van der Waals surface area contributed by atoms with Crippen molar-refractivity contribution < 1.29 is 9.18 Å². The number of nitrogens with one attached hydrogen (secondary N) is 1. The molecule has 1 aliphatic heterocycles. The minimum atomic E-state index is -0.195. The Morgan fingerprint density at radius 3 is 2.96 bits per heavy atom. The van der Waals surface area contributed by atoms with Crippen LogP contribution in [0.3, 0.4) is 0 Å². The Morgan fingerprint density at radius 1 is 1.29 bits per heavy atom. The van der Waals surface area contributed by atoms with Crippen LogP contribution < -0.4 is 0 Å². The van der Waals surface area contributed by atoms with Gasteiger partial charge in [-0.1, -0.05) is 24.3 Å². The number of aromatic amines is 1. The second-order valence-electron chi connectivity index (χ2n) is 5.89. The Kier molecular flexibility index (Phi) is 3.90. The van der Waals surface area contributed by atoms with Crippen LogP contribution in [0.1, 0.15) is 28.3 Å². The van der Waals surface area contributed by atoms with Gasteiger partial charge in [0.25, 0.3) is 5.91 Å². The van der Waals surface area contributed by atoms with E-state index in [-0.39, 0.29) is 17.6 Å². The molecule has 6 heteroatoms.